The molecule has 0 atom stereocenters. The van der Waals surface area contributed by atoms with Gasteiger partial charge in [-0.1, -0.05) is 35.3 Å². The predicted octanol–water partition coefficient (Wildman–Crippen LogP) is 8.63. The minimum Gasteiger partial charge on any atom is -0.493 e. The molecule has 44 heavy (non-hydrogen) atoms. The fourth-order valence-corrected chi connectivity index (χ4v) is 5.42. The molecule has 0 fully saturated rings. The predicted molar refractivity (Wildman–Crippen MR) is 171 cm³/mol. The number of Topliss-reactive ketones (excluding diaryl/α,β-unsaturated/α-hetero) is 1. The van der Waals surface area contributed by atoms with Crippen LogP contribution in [0.25, 0.3) is 22.0 Å². The van der Waals surface area contributed by atoms with Crippen LogP contribution in [0.5, 0.6) is 23.0 Å². The van der Waals surface area contributed by atoms with Gasteiger partial charge in [-0.15, -0.1) is 0 Å². The molecule has 0 amide bonds. The van der Waals surface area contributed by atoms with Gasteiger partial charge < -0.3 is 18.8 Å². The second-order valence-corrected chi connectivity index (χ2v) is 11.3. The Labute approximate surface area is 263 Å². The number of fused-ring (bicyclic) bond motifs is 1. The number of nitrogens with zero attached hydrogens (tertiary/aromatic N) is 2. The van der Waals surface area contributed by atoms with Crippen molar-refractivity contribution in [3.63, 3.8) is 0 Å². The third-order valence-electron chi connectivity index (χ3n) is 7.34. The van der Waals surface area contributed by atoms with E-state index in [1.807, 2.05) is 25.3 Å². The Balaban J connectivity index is 1.46. The molecule has 0 aliphatic rings. The van der Waals surface area contributed by atoms with Crippen molar-refractivity contribution in [2.45, 2.75) is 33.2 Å². The van der Waals surface area contributed by atoms with Crippen LogP contribution >= 0.6 is 23.2 Å². The maximum Gasteiger partial charge on any atom is 0.200 e. The van der Waals surface area contributed by atoms with Gasteiger partial charge in [0.05, 0.1) is 35.3 Å². The number of carbonyl (C=O) groups is 1. The number of pyridine rings is 2. The second kappa shape index (κ2) is 12.7. The lowest BCUT2D eigenvalue weighted by Gasteiger charge is -2.20. The number of aromatic nitrogens is 2. The Morgan fingerprint density at radius 3 is 2.32 bits per heavy atom. The molecule has 5 rings (SSSR count). The first-order valence-electron chi connectivity index (χ1n) is 13.7. The highest BCUT2D eigenvalue weighted by atomic mass is 35.5. The highest BCUT2D eigenvalue weighted by Crippen LogP contribution is 2.37. The number of rotatable bonds is 9. The van der Waals surface area contributed by atoms with Gasteiger partial charge in [-0.05, 0) is 68.3 Å². The van der Waals surface area contributed by atoms with Crippen molar-refractivity contribution in [3.05, 3.63) is 110 Å². The summed E-state index contributed by atoms with van der Waals surface area (Å²) in [6.07, 6.45) is 2.92. The molecule has 0 bridgehead atoms. The topological polar surface area (TPSA) is 79.7 Å². The van der Waals surface area contributed by atoms with E-state index in [9.17, 15) is 9.59 Å². The Bertz CT molecular complexity index is 1970. The molecule has 5 aromatic rings. The van der Waals surface area contributed by atoms with Crippen molar-refractivity contribution in [1.29, 1.82) is 0 Å². The van der Waals surface area contributed by atoms with Gasteiger partial charge in [-0.3, -0.25) is 14.6 Å². The monoisotopic (exact) mass is 634 g/mol. The summed E-state index contributed by atoms with van der Waals surface area (Å²) in [6, 6.07) is 14.2. The fraction of sp³-hybridized carbons (Fsp3) is 0.206. The summed E-state index contributed by atoms with van der Waals surface area (Å²) in [5, 5.41) is 1.26. The Morgan fingerprint density at radius 1 is 0.932 bits per heavy atom. The third-order valence-corrected chi connectivity index (χ3v) is 8.08. The van der Waals surface area contributed by atoms with Crippen molar-refractivity contribution >= 4 is 39.9 Å². The van der Waals surface area contributed by atoms with Gasteiger partial charge >= 0.3 is 0 Å². The van der Waals surface area contributed by atoms with E-state index in [2.05, 4.69) is 4.98 Å². The largest absolute Gasteiger partial charge is 0.493 e. The van der Waals surface area contributed by atoms with Gasteiger partial charge in [0.25, 0.3) is 0 Å². The van der Waals surface area contributed by atoms with E-state index in [1.54, 1.807) is 54.9 Å². The van der Waals surface area contributed by atoms with Crippen molar-refractivity contribution < 1.29 is 23.4 Å². The van der Waals surface area contributed by atoms with Crippen LogP contribution in [0.2, 0.25) is 10.0 Å². The Kier molecular flexibility index (Phi) is 8.95. The highest BCUT2D eigenvalue weighted by molar-refractivity contribution is 6.42. The van der Waals surface area contributed by atoms with E-state index in [1.165, 1.54) is 26.4 Å². The summed E-state index contributed by atoms with van der Waals surface area (Å²) < 4.78 is 33.9. The van der Waals surface area contributed by atoms with Gasteiger partial charge in [0.2, 0.25) is 0 Å². The summed E-state index contributed by atoms with van der Waals surface area (Å²) in [7, 11) is 3.04. The third kappa shape index (κ3) is 6.00. The summed E-state index contributed by atoms with van der Waals surface area (Å²) in [5.41, 5.74) is 2.13. The first kappa shape index (κ1) is 31.0. The van der Waals surface area contributed by atoms with Gasteiger partial charge in [0, 0.05) is 47.6 Å². The number of halogens is 3. The maximum atomic E-state index is 15.3. The normalized spacial score (nSPS) is 11.2. The number of ketones is 1. The summed E-state index contributed by atoms with van der Waals surface area (Å²) >= 11 is 12.3. The molecule has 0 aliphatic heterocycles. The molecule has 7 nitrogen and oxygen atoms in total. The lowest BCUT2D eigenvalue weighted by atomic mass is 9.97. The Hall–Kier alpha value is -4.40. The standard InChI is InChI=1S/C34H29Cl2FN2O5/c1-18(2)39-17-23(34(41)33(19(39)3)21-7-8-24(35)25(36)14-21)28(40)13-20-6-9-30(26(37)12-20)44-29-10-11-38-27-16-32(43-5)31(42-4)15-22(27)29/h6-12,14-18H,13H2,1-5H3. The minimum atomic E-state index is -0.666. The zero-order valence-electron chi connectivity index (χ0n) is 24.7. The van der Waals surface area contributed by atoms with Crippen LogP contribution in [-0.2, 0) is 6.42 Å². The van der Waals surface area contributed by atoms with E-state index in [0.717, 1.165) is 0 Å². The van der Waals surface area contributed by atoms with Crippen LogP contribution in [-0.4, -0.2) is 29.6 Å². The molecule has 0 radical (unpaired) electrons. The maximum absolute atomic E-state index is 15.3. The summed E-state index contributed by atoms with van der Waals surface area (Å²) in [6.45, 7) is 5.73. The van der Waals surface area contributed by atoms with Gasteiger partial charge in [0.1, 0.15) is 5.75 Å². The first-order valence-corrected chi connectivity index (χ1v) is 14.5. The fourth-order valence-electron chi connectivity index (χ4n) is 5.12. The zero-order chi connectivity index (χ0) is 31.7. The molecule has 226 valence electrons. The van der Waals surface area contributed by atoms with Crippen molar-refractivity contribution in [2.75, 3.05) is 14.2 Å². The number of hydrogen-bond acceptors (Lipinski definition) is 6. The molecule has 3 aromatic carbocycles. The van der Waals surface area contributed by atoms with E-state index >= 15 is 4.39 Å². The number of methoxy groups -OCH3 is 2. The molecular formula is C34H29Cl2FN2O5. The Morgan fingerprint density at radius 2 is 1.66 bits per heavy atom. The summed E-state index contributed by atoms with van der Waals surface area (Å²) in [4.78, 5) is 31.6. The van der Waals surface area contributed by atoms with Gasteiger partial charge in [0.15, 0.2) is 34.3 Å². The van der Waals surface area contributed by atoms with Crippen LogP contribution < -0.4 is 19.6 Å². The van der Waals surface area contributed by atoms with Crippen LogP contribution in [0.15, 0.2) is 71.8 Å². The van der Waals surface area contributed by atoms with E-state index in [4.69, 9.17) is 37.4 Å². The minimum absolute atomic E-state index is 0.00117. The smallest absolute Gasteiger partial charge is 0.200 e. The van der Waals surface area contributed by atoms with Crippen molar-refractivity contribution in [3.8, 4) is 34.1 Å². The van der Waals surface area contributed by atoms with Crippen LogP contribution in [0.3, 0.4) is 0 Å². The molecule has 0 spiro atoms. The average Bonchev–Trinajstić information content (AvgIpc) is 2.99. The lowest BCUT2D eigenvalue weighted by molar-refractivity contribution is 0.0991. The quantitative estimate of drug-likeness (QED) is 0.151. The van der Waals surface area contributed by atoms with Gasteiger partial charge in [-0.25, -0.2) is 4.39 Å². The van der Waals surface area contributed by atoms with E-state index in [-0.39, 0.29) is 23.8 Å². The zero-order valence-corrected chi connectivity index (χ0v) is 26.2. The first-order chi connectivity index (χ1) is 21.0. The van der Waals surface area contributed by atoms with E-state index in [0.29, 0.717) is 60.6 Å². The lowest BCUT2D eigenvalue weighted by Crippen LogP contribution is -2.24. The van der Waals surface area contributed by atoms with Crippen LogP contribution in [0.4, 0.5) is 4.39 Å². The highest BCUT2D eigenvalue weighted by Gasteiger charge is 2.22. The molecule has 0 saturated carbocycles. The number of ether oxygens (including phenoxy) is 3. The average molecular weight is 636 g/mol. The summed E-state index contributed by atoms with van der Waals surface area (Å²) in [5.74, 6) is 0.191. The molecule has 2 aromatic heterocycles. The molecule has 10 heteroatoms. The number of hydrogen-bond donors (Lipinski definition) is 0. The van der Waals surface area contributed by atoms with E-state index < -0.39 is 17.0 Å². The molecular weight excluding hydrogens is 606 g/mol. The SMILES string of the molecule is COc1cc2nccc(Oc3ccc(CC(=O)c4cn(C(C)C)c(C)c(-c5ccc(Cl)c(Cl)c5)c4=O)cc3F)c2cc1OC. The second-order valence-electron chi connectivity index (χ2n) is 10.5. The number of carbonyl (C=O) groups excluding carboxylic acids is 1. The molecule has 2 heterocycles. The molecule has 0 saturated heterocycles. The van der Waals surface area contributed by atoms with Crippen LogP contribution in [0, 0.1) is 12.7 Å². The molecule has 0 N–H and O–H groups in total. The number of benzene rings is 3. The van der Waals surface area contributed by atoms with Gasteiger partial charge in [-0.2, -0.15) is 0 Å². The van der Waals surface area contributed by atoms with Crippen molar-refractivity contribution in [1.82, 2.24) is 9.55 Å². The van der Waals surface area contributed by atoms with Crippen molar-refractivity contribution in [2.24, 2.45) is 0 Å². The molecule has 0 aliphatic carbocycles. The van der Waals surface area contributed by atoms with Crippen LogP contribution in [0.1, 0.15) is 41.5 Å². The molecule has 0 unspecified atom stereocenters.